The van der Waals surface area contributed by atoms with Crippen molar-refractivity contribution in [2.24, 2.45) is 0 Å². The average molecular weight is 506 g/mol. The first-order valence-electron chi connectivity index (χ1n) is 11.1. The Morgan fingerprint density at radius 3 is 2.35 bits per heavy atom. The summed E-state index contributed by atoms with van der Waals surface area (Å²) >= 11 is 6.36. The molecular formula is C24H29BClNO6S. The fourth-order valence-electron chi connectivity index (χ4n) is 3.63. The minimum atomic E-state index is -4.09. The van der Waals surface area contributed by atoms with Crippen molar-refractivity contribution in [2.75, 3.05) is 6.54 Å². The van der Waals surface area contributed by atoms with E-state index >= 15 is 0 Å². The quantitative estimate of drug-likeness (QED) is 0.553. The Balaban J connectivity index is 1.50. The number of hydrogen-bond donors (Lipinski definition) is 0. The van der Waals surface area contributed by atoms with Crippen LogP contribution in [0.4, 0.5) is 0 Å². The van der Waals surface area contributed by atoms with Crippen molar-refractivity contribution in [3.05, 3.63) is 76.2 Å². The summed E-state index contributed by atoms with van der Waals surface area (Å²) in [4.78, 5) is 0. The zero-order valence-corrected chi connectivity index (χ0v) is 21.6. The van der Waals surface area contributed by atoms with E-state index in [1.807, 2.05) is 83.1 Å². The summed E-state index contributed by atoms with van der Waals surface area (Å²) in [5, 5.41) is 0.186. The van der Waals surface area contributed by atoms with E-state index in [1.54, 1.807) is 0 Å². The summed E-state index contributed by atoms with van der Waals surface area (Å²) in [7, 11) is -4.63. The molecule has 0 spiro atoms. The molecule has 0 amide bonds. The summed E-state index contributed by atoms with van der Waals surface area (Å²) < 4.78 is 49.9. The van der Waals surface area contributed by atoms with Gasteiger partial charge >= 0.3 is 23.4 Å². The van der Waals surface area contributed by atoms with Gasteiger partial charge in [-0.15, -0.1) is 0 Å². The van der Waals surface area contributed by atoms with Gasteiger partial charge in [0.15, 0.2) is 0 Å². The number of ether oxygens (including phenoxy) is 1. The lowest BCUT2D eigenvalue weighted by atomic mass is 9.78. The maximum atomic E-state index is 12.9. The second-order valence-corrected chi connectivity index (χ2v) is 11.5. The fourth-order valence-corrected chi connectivity index (χ4v) is 5.01. The highest BCUT2D eigenvalue weighted by atomic mass is 35.5. The lowest BCUT2D eigenvalue weighted by Gasteiger charge is -2.32. The number of rotatable bonds is 6. The van der Waals surface area contributed by atoms with Crippen molar-refractivity contribution in [1.29, 1.82) is 0 Å². The van der Waals surface area contributed by atoms with Gasteiger partial charge in [0.05, 0.1) is 17.7 Å². The van der Waals surface area contributed by atoms with Gasteiger partial charge in [-0.25, -0.2) is 0 Å². The Kier molecular flexibility index (Phi) is 6.79. The summed E-state index contributed by atoms with van der Waals surface area (Å²) in [5.41, 5.74) is 2.49. The van der Waals surface area contributed by atoms with E-state index in [-0.39, 0.29) is 30.7 Å². The van der Waals surface area contributed by atoms with Crippen LogP contribution in [0.15, 0.2) is 59.5 Å². The van der Waals surface area contributed by atoms with Gasteiger partial charge in [-0.2, -0.15) is 12.7 Å². The van der Waals surface area contributed by atoms with Crippen LogP contribution in [0.3, 0.4) is 0 Å². The van der Waals surface area contributed by atoms with Crippen molar-refractivity contribution in [1.82, 2.24) is 4.31 Å². The second kappa shape index (κ2) is 9.20. The van der Waals surface area contributed by atoms with Gasteiger partial charge in [0.1, 0.15) is 11.6 Å². The second-order valence-electron chi connectivity index (χ2n) is 9.55. The standard InChI is InChI=1S/C24H29BClNO6S/c1-17-11-12-20(25-32-23(2,3)24(4,5)33-25)13-19(17)14-27-15-21(26)22(31-34(27,28)29)30-16-18-9-7-6-8-10-18/h6-13H,14-16H2,1-5H3. The molecule has 0 aromatic heterocycles. The summed E-state index contributed by atoms with van der Waals surface area (Å²) in [6.07, 6.45) is 0. The van der Waals surface area contributed by atoms with Gasteiger partial charge in [-0.05, 0) is 56.8 Å². The zero-order valence-electron chi connectivity index (χ0n) is 20.0. The molecule has 182 valence electrons. The van der Waals surface area contributed by atoms with E-state index in [0.29, 0.717) is 0 Å². The van der Waals surface area contributed by atoms with Gasteiger partial charge in [-0.1, -0.05) is 60.1 Å². The van der Waals surface area contributed by atoms with Crippen molar-refractivity contribution < 1.29 is 26.6 Å². The predicted molar refractivity (Wildman–Crippen MR) is 131 cm³/mol. The molecule has 0 bridgehead atoms. The number of benzene rings is 2. The van der Waals surface area contributed by atoms with Crippen LogP contribution in [0, 0.1) is 6.92 Å². The number of halogens is 1. The SMILES string of the molecule is Cc1ccc(B2OC(C)(C)C(C)(C)O2)cc1CN1CC(Cl)=C(OCc2ccccc2)OS1(=O)=O. The first-order valence-corrected chi connectivity index (χ1v) is 12.8. The number of hydrogen-bond acceptors (Lipinski definition) is 6. The fraction of sp³-hybridized carbons (Fsp3) is 0.417. The maximum absolute atomic E-state index is 12.9. The highest BCUT2D eigenvalue weighted by Gasteiger charge is 2.51. The third kappa shape index (κ3) is 5.14. The first kappa shape index (κ1) is 25.1. The molecule has 7 nitrogen and oxygen atoms in total. The molecule has 0 N–H and O–H groups in total. The summed E-state index contributed by atoms with van der Waals surface area (Å²) in [6, 6.07) is 15.1. The molecule has 0 radical (unpaired) electrons. The minimum Gasteiger partial charge on any atom is -0.459 e. The molecular weight excluding hydrogens is 477 g/mol. The van der Waals surface area contributed by atoms with Crippen molar-refractivity contribution in [2.45, 2.75) is 59.0 Å². The Hall–Kier alpha value is -2.04. The van der Waals surface area contributed by atoms with Crippen LogP contribution in [-0.2, 0) is 41.7 Å². The Morgan fingerprint density at radius 2 is 1.71 bits per heavy atom. The van der Waals surface area contributed by atoms with E-state index in [4.69, 9.17) is 29.8 Å². The third-order valence-electron chi connectivity index (χ3n) is 6.49. The van der Waals surface area contributed by atoms with Crippen LogP contribution in [0.2, 0.25) is 0 Å². The third-order valence-corrected chi connectivity index (χ3v) is 8.02. The Bertz CT molecular complexity index is 1180. The minimum absolute atomic E-state index is 0.0475. The van der Waals surface area contributed by atoms with E-state index in [0.717, 1.165) is 22.2 Å². The van der Waals surface area contributed by atoms with Crippen LogP contribution in [0.1, 0.15) is 44.4 Å². The predicted octanol–water partition coefficient (Wildman–Crippen LogP) is 4.00. The molecule has 34 heavy (non-hydrogen) atoms. The lowest BCUT2D eigenvalue weighted by molar-refractivity contribution is 0.00578. The van der Waals surface area contributed by atoms with Gasteiger partial charge in [0.2, 0.25) is 0 Å². The van der Waals surface area contributed by atoms with Crippen LogP contribution in [-0.4, -0.2) is 37.6 Å². The van der Waals surface area contributed by atoms with Crippen molar-refractivity contribution in [3.8, 4) is 0 Å². The molecule has 10 heteroatoms. The van der Waals surface area contributed by atoms with Crippen LogP contribution >= 0.6 is 11.6 Å². The molecule has 0 unspecified atom stereocenters. The molecule has 2 aliphatic rings. The monoisotopic (exact) mass is 505 g/mol. The molecule has 2 aromatic rings. The molecule has 0 aliphatic carbocycles. The molecule has 1 fully saturated rings. The molecule has 1 saturated heterocycles. The summed E-state index contributed by atoms with van der Waals surface area (Å²) in [6.45, 7) is 10.1. The maximum Gasteiger partial charge on any atom is 0.494 e. The van der Waals surface area contributed by atoms with Crippen molar-refractivity contribution in [3.63, 3.8) is 0 Å². The lowest BCUT2D eigenvalue weighted by Crippen LogP contribution is -2.41. The molecule has 2 aliphatic heterocycles. The van der Waals surface area contributed by atoms with Crippen LogP contribution in [0.25, 0.3) is 0 Å². The normalized spacial score (nSPS) is 21.4. The van der Waals surface area contributed by atoms with Gasteiger partial charge in [0, 0.05) is 6.54 Å². The zero-order chi connectivity index (χ0) is 24.7. The highest BCUT2D eigenvalue weighted by Crippen LogP contribution is 2.36. The van der Waals surface area contributed by atoms with Crippen molar-refractivity contribution >= 4 is 34.5 Å². The van der Waals surface area contributed by atoms with E-state index in [1.165, 1.54) is 4.31 Å². The average Bonchev–Trinajstić information content (AvgIpc) is 2.98. The number of nitrogens with zero attached hydrogens (tertiary/aromatic N) is 1. The largest absolute Gasteiger partial charge is 0.494 e. The van der Waals surface area contributed by atoms with E-state index < -0.39 is 28.6 Å². The van der Waals surface area contributed by atoms with Crippen LogP contribution < -0.4 is 5.46 Å². The number of aryl methyl sites for hydroxylation is 1. The van der Waals surface area contributed by atoms with E-state index in [2.05, 4.69) is 0 Å². The highest BCUT2D eigenvalue weighted by molar-refractivity contribution is 7.84. The van der Waals surface area contributed by atoms with Gasteiger partial charge in [0.25, 0.3) is 0 Å². The summed E-state index contributed by atoms with van der Waals surface area (Å²) in [5.74, 6) is -0.190. The molecule has 2 heterocycles. The molecule has 0 atom stereocenters. The van der Waals surface area contributed by atoms with Gasteiger partial charge in [-0.3, -0.25) is 0 Å². The molecule has 0 saturated carbocycles. The topological polar surface area (TPSA) is 74.3 Å². The Morgan fingerprint density at radius 1 is 1.06 bits per heavy atom. The molecule has 4 rings (SSSR count). The van der Waals surface area contributed by atoms with Gasteiger partial charge < -0.3 is 18.2 Å². The first-order chi connectivity index (χ1) is 15.9. The Labute approximate surface area is 207 Å². The van der Waals surface area contributed by atoms with E-state index in [9.17, 15) is 8.42 Å². The smallest absolute Gasteiger partial charge is 0.459 e. The van der Waals surface area contributed by atoms with Crippen LogP contribution in [0.5, 0.6) is 0 Å². The molecule has 2 aromatic carbocycles.